The molecule has 1 unspecified atom stereocenters. The molecule has 1 atom stereocenters. The molecule has 3 aromatic rings. The maximum absolute atomic E-state index is 10.6. The Morgan fingerprint density at radius 2 is 1.69 bits per heavy atom. The maximum Gasteiger partial charge on any atom is 0.227 e. The Balaban J connectivity index is 1.91. The van der Waals surface area contributed by atoms with Crippen LogP contribution >= 0.6 is 0 Å². The van der Waals surface area contributed by atoms with Gasteiger partial charge in [-0.3, -0.25) is 4.90 Å². The van der Waals surface area contributed by atoms with Crippen LogP contribution in [0.4, 0.5) is 0 Å². The molecule has 0 amide bonds. The van der Waals surface area contributed by atoms with Crippen molar-refractivity contribution in [2.24, 2.45) is 5.92 Å². The number of para-hydroxylation sites is 3. The van der Waals surface area contributed by atoms with E-state index in [9.17, 15) is 5.11 Å². The number of rotatable bonds is 14. The molecule has 0 bridgehead atoms. The fourth-order valence-electron chi connectivity index (χ4n) is 3.94. The van der Waals surface area contributed by atoms with Crippen LogP contribution < -0.4 is 9.47 Å². The van der Waals surface area contributed by atoms with Gasteiger partial charge in [-0.1, -0.05) is 51.1 Å². The van der Waals surface area contributed by atoms with Crippen molar-refractivity contribution >= 4 is 0 Å². The molecule has 0 fully saturated rings. The largest absolute Gasteiger partial charge is 0.493 e. The van der Waals surface area contributed by atoms with Gasteiger partial charge in [0.25, 0.3) is 0 Å². The number of ether oxygens (including phenoxy) is 3. The minimum absolute atomic E-state index is 0.325. The third-order valence-corrected chi connectivity index (χ3v) is 5.57. The van der Waals surface area contributed by atoms with Gasteiger partial charge in [0.05, 0.1) is 36.8 Å². The summed E-state index contributed by atoms with van der Waals surface area (Å²) in [5, 5.41) is 15.5. The highest BCUT2D eigenvalue weighted by molar-refractivity contribution is 5.47. The summed E-state index contributed by atoms with van der Waals surface area (Å²) >= 11 is 0. The zero-order valence-electron chi connectivity index (χ0n) is 21.6. The number of hydrogen-bond acceptors (Lipinski definition) is 6. The lowest BCUT2D eigenvalue weighted by Crippen LogP contribution is -2.35. The number of aryl methyl sites for hydroxylation is 1. The Labute approximate surface area is 209 Å². The summed E-state index contributed by atoms with van der Waals surface area (Å²) < 4.78 is 19.5. The molecular formula is C28H39N3O4. The Morgan fingerprint density at radius 3 is 2.34 bits per heavy atom. The summed E-state index contributed by atoms with van der Waals surface area (Å²) in [5.74, 6) is 2.36. The van der Waals surface area contributed by atoms with E-state index in [-0.39, 0.29) is 0 Å². The fourth-order valence-corrected chi connectivity index (χ4v) is 3.94. The molecular weight excluding hydrogens is 442 g/mol. The van der Waals surface area contributed by atoms with Crippen LogP contribution in [0.25, 0.3) is 5.69 Å². The summed E-state index contributed by atoms with van der Waals surface area (Å²) in [6.45, 7) is 11.3. The third-order valence-electron chi connectivity index (χ3n) is 5.57. The van der Waals surface area contributed by atoms with Crippen molar-refractivity contribution < 1.29 is 19.3 Å². The van der Waals surface area contributed by atoms with E-state index in [1.165, 1.54) is 0 Å². The molecule has 0 saturated heterocycles. The van der Waals surface area contributed by atoms with E-state index in [1.807, 2.05) is 66.2 Å². The standard InChI is InChI=1S/C28H39N3O4/c1-6-16-30(17-24(32)20-34-19-21(2)3)18-25-22(4)29-31(23-12-8-7-9-13-23)28(25)35-27-15-11-10-14-26(27)33-5/h7-15,21,24,32H,6,16-20H2,1-5H3. The van der Waals surface area contributed by atoms with Gasteiger partial charge in [0.15, 0.2) is 11.5 Å². The highest BCUT2D eigenvalue weighted by Crippen LogP contribution is 2.36. The summed E-state index contributed by atoms with van der Waals surface area (Å²) in [7, 11) is 1.63. The first kappa shape index (κ1) is 26.7. The molecule has 0 aliphatic rings. The van der Waals surface area contributed by atoms with Gasteiger partial charge in [-0.15, -0.1) is 0 Å². The molecule has 0 aliphatic heterocycles. The highest BCUT2D eigenvalue weighted by atomic mass is 16.5. The molecule has 0 spiro atoms. The molecule has 190 valence electrons. The summed E-state index contributed by atoms with van der Waals surface area (Å²) in [5.41, 5.74) is 2.77. The van der Waals surface area contributed by atoms with Crippen molar-refractivity contribution in [1.29, 1.82) is 0 Å². The second kappa shape index (κ2) is 13.3. The molecule has 35 heavy (non-hydrogen) atoms. The first-order chi connectivity index (χ1) is 16.9. The summed E-state index contributed by atoms with van der Waals surface area (Å²) in [6, 6.07) is 17.6. The molecule has 1 N–H and O–H groups in total. The zero-order chi connectivity index (χ0) is 25.2. The number of aromatic nitrogens is 2. The minimum atomic E-state index is -0.566. The van der Waals surface area contributed by atoms with Crippen molar-refractivity contribution in [3.63, 3.8) is 0 Å². The van der Waals surface area contributed by atoms with E-state index in [0.29, 0.717) is 49.6 Å². The van der Waals surface area contributed by atoms with Crippen LogP contribution in [-0.2, 0) is 11.3 Å². The Hall–Kier alpha value is -2.87. The molecule has 3 rings (SSSR count). The van der Waals surface area contributed by atoms with Crippen LogP contribution in [0.5, 0.6) is 17.4 Å². The number of benzene rings is 2. The van der Waals surface area contributed by atoms with Gasteiger partial charge < -0.3 is 19.3 Å². The molecule has 7 nitrogen and oxygen atoms in total. The van der Waals surface area contributed by atoms with E-state index in [2.05, 4.69) is 25.7 Å². The van der Waals surface area contributed by atoms with Crippen molar-refractivity contribution in [2.75, 3.05) is 33.4 Å². The molecule has 1 heterocycles. The van der Waals surface area contributed by atoms with Crippen LogP contribution in [0.1, 0.15) is 38.4 Å². The SMILES string of the molecule is CCCN(Cc1c(C)nn(-c2ccccc2)c1Oc1ccccc1OC)CC(O)COCC(C)C. The molecule has 0 saturated carbocycles. The predicted molar refractivity (Wildman–Crippen MR) is 139 cm³/mol. The maximum atomic E-state index is 10.6. The van der Waals surface area contributed by atoms with Gasteiger partial charge in [0, 0.05) is 19.7 Å². The van der Waals surface area contributed by atoms with E-state index >= 15 is 0 Å². The first-order valence-corrected chi connectivity index (χ1v) is 12.4. The summed E-state index contributed by atoms with van der Waals surface area (Å²) in [4.78, 5) is 2.23. The van der Waals surface area contributed by atoms with Crippen LogP contribution in [0.2, 0.25) is 0 Å². The smallest absolute Gasteiger partial charge is 0.227 e. The van der Waals surface area contributed by atoms with Crippen LogP contribution in [0.3, 0.4) is 0 Å². The first-order valence-electron chi connectivity index (χ1n) is 12.4. The average Bonchev–Trinajstić information content (AvgIpc) is 3.14. The van der Waals surface area contributed by atoms with Gasteiger partial charge >= 0.3 is 0 Å². The van der Waals surface area contributed by atoms with Crippen molar-refractivity contribution in [3.05, 3.63) is 65.9 Å². The van der Waals surface area contributed by atoms with Crippen molar-refractivity contribution in [2.45, 2.75) is 46.8 Å². The number of aliphatic hydroxyl groups is 1. The van der Waals surface area contributed by atoms with Gasteiger partial charge in [-0.2, -0.15) is 5.10 Å². The van der Waals surface area contributed by atoms with E-state index < -0.39 is 6.10 Å². The van der Waals surface area contributed by atoms with Crippen LogP contribution in [0.15, 0.2) is 54.6 Å². The molecule has 0 aliphatic carbocycles. The Bertz CT molecular complexity index is 1040. The third kappa shape index (κ3) is 7.56. The monoisotopic (exact) mass is 481 g/mol. The highest BCUT2D eigenvalue weighted by Gasteiger charge is 2.23. The minimum Gasteiger partial charge on any atom is -0.493 e. The van der Waals surface area contributed by atoms with E-state index in [4.69, 9.17) is 19.3 Å². The number of nitrogens with zero attached hydrogens (tertiary/aromatic N) is 3. The van der Waals surface area contributed by atoms with Crippen molar-refractivity contribution in [3.8, 4) is 23.1 Å². The number of methoxy groups -OCH3 is 1. The van der Waals surface area contributed by atoms with Gasteiger partial charge in [0.2, 0.25) is 5.88 Å². The molecule has 7 heteroatoms. The lowest BCUT2D eigenvalue weighted by Gasteiger charge is -2.25. The lowest BCUT2D eigenvalue weighted by atomic mass is 10.2. The Kier molecular flexibility index (Phi) is 10.1. The fraction of sp³-hybridized carbons (Fsp3) is 0.464. The van der Waals surface area contributed by atoms with Gasteiger partial charge in [0.1, 0.15) is 0 Å². The normalized spacial score (nSPS) is 12.3. The molecule has 2 aromatic carbocycles. The number of aliphatic hydroxyl groups excluding tert-OH is 1. The second-order valence-electron chi connectivity index (χ2n) is 9.19. The van der Waals surface area contributed by atoms with E-state index in [1.54, 1.807) is 7.11 Å². The molecule has 0 radical (unpaired) electrons. The Morgan fingerprint density at radius 1 is 1.00 bits per heavy atom. The molecule has 1 aromatic heterocycles. The lowest BCUT2D eigenvalue weighted by molar-refractivity contribution is 0.00681. The second-order valence-corrected chi connectivity index (χ2v) is 9.19. The zero-order valence-corrected chi connectivity index (χ0v) is 21.6. The topological polar surface area (TPSA) is 69.0 Å². The summed E-state index contributed by atoms with van der Waals surface area (Å²) in [6.07, 6.45) is 0.400. The van der Waals surface area contributed by atoms with Crippen molar-refractivity contribution in [1.82, 2.24) is 14.7 Å². The number of hydrogen-bond donors (Lipinski definition) is 1. The van der Waals surface area contributed by atoms with E-state index in [0.717, 1.165) is 29.9 Å². The van der Waals surface area contributed by atoms with Gasteiger partial charge in [-0.25, -0.2) is 4.68 Å². The predicted octanol–water partition coefficient (Wildman–Crippen LogP) is 5.23. The van der Waals surface area contributed by atoms with Gasteiger partial charge in [-0.05, 0) is 50.1 Å². The van der Waals surface area contributed by atoms with Crippen LogP contribution in [0, 0.1) is 12.8 Å². The quantitative estimate of drug-likeness (QED) is 0.340. The van der Waals surface area contributed by atoms with Crippen LogP contribution in [-0.4, -0.2) is 59.3 Å². The average molecular weight is 482 g/mol.